The third-order valence-corrected chi connectivity index (χ3v) is 2.36. The van der Waals surface area contributed by atoms with Crippen molar-refractivity contribution in [3.63, 3.8) is 0 Å². The Bertz CT molecular complexity index is 147. The minimum absolute atomic E-state index is 0.477. The predicted octanol–water partition coefficient (Wildman–Crippen LogP) is 1.80. The molecule has 1 aliphatic rings. The Hall–Kier alpha value is -0.150. The van der Waals surface area contributed by atoms with E-state index in [1.54, 1.807) is 0 Å². The quantitative estimate of drug-likeness (QED) is 0.602. The second-order valence-corrected chi connectivity index (χ2v) is 3.83. The van der Waals surface area contributed by atoms with E-state index >= 15 is 0 Å². The lowest BCUT2D eigenvalue weighted by molar-refractivity contribution is -0.124. The second-order valence-electron chi connectivity index (χ2n) is 3.83. The van der Waals surface area contributed by atoms with Crippen molar-refractivity contribution in [3.8, 4) is 0 Å². The van der Waals surface area contributed by atoms with Crippen LogP contribution in [0.4, 0.5) is 4.39 Å². The van der Waals surface area contributed by atoms with Crippen LogP contribution in [0.15, 0.2) is 0 Å². The summed E-state index contributed by atoms with van der Waals surface area (Å²) in [6.07, 6.45) is 0.477. The molecule has 2 nitrogen and oxygen atoms in total. The summed E-state index contributed by atoms with van der Waals surface area (Å²) in [7, 11) is 0. The zero-order valence-electron chi connectivity index (χ0n) is 8.14. The lowest BCUT2D eigenvalue weighted by Crippen LogP contribution is -2.33. The predicted molar refractivity (Wildman–Crippen MR) is 46.8 cm³/mol. The van der Waals surface area contributed by atoms with Crippen LogP contribution in [0.3, 0.4) is 0 Å². The SMILES string of the molecule is CC(C)N1CCOC(C)(F)CC1. The maximum Gasteiger partial charge on any atom is 0.207 e. The van der Waals surface area contributed by atoms with Crippen LogP contribution < -0.4 is 0 Å². The van der Waals surface area contributed by atoms with Crippen molar-refractivity contribution in [2.24, 2.45) is 0 Å². The average Bonchev–Trinajstić information content (AvgIpc) is 2.10. The monoisotopic (exact) mass is 175 g/mol. The van der Waals surface area contributed by atoms with Crippen LogP contribution >= 0.6 is 0 Å². The lowest BCUT2D eigenvalue weighted by Gasteiger charge is -2.23. The van der Waals surface area contributed by atoms with Crippen LogP contribution in [0.2, 0.25) is 0 Å². The minimum Gasteiger partial charge on any atom is -0.345 e. The van der Waals surface area contributed by atoms with E-state index < -0.39 is 5.85 Å². The van der Waals surface area contributed by atoms with Crippen molar-refractivity contribution in [2.45, 2.75) is 39.1 Å². The fourth-order valence-corrected chi connectivity index (χ4v) is 1.42. The zero-order valence-corrected chi connectivity index (χ0v) is 8.14. The number of hydrogen-bond donors (Lipinski definition) is 0. The highest BCUT2D eigenvalue weighted by Gasteiger charge is 2.28. The summed E-state index contributed by atoms with van der Waals surface area (Å²) in [4.78, 5) is 2.24. The van der Waals surface area contributed by atoms with Gasteiger partial charge in [0, 0.05) is 25.6 Å². The van der Waals surface area contributed by atoms with Crippen LogP contribution in [-0.2, 0) is 4.74 Å². The highest BCUT2D eigenvalue weighted by molar-refractivity contribution is 4.72. The molecule has 1 saturated heterocycles. The first-order valence-corrected chi connectivity index (χ1v) is 4.58. The molecule has 0 N–H and O–H groups in total. The number of rotatable bonds is 1. The molecular formula is C9H18FNO. The van der Waals surface area contributed by atoms with Gasteiger partial charge in [0.15, 0.2) is 0 Å². The van der Waals surface area contributed by atoms with Crippen molar-refractivity contribution in [1.29, 1.82) is 0 Å². The first kappa shape index (κ1) is 9.93. The number of nitrogens with zero attached hydrogens (tertiary/aromatic N) is 1. The van der Waals surface area contributed by atoms with Crippen LogP contribution in [-0.4, -0.2) is 36.5 Å². The number of ether oxygens (including phenoxy) is 1. The molecule has 3 heteroatoms. The molecule has 1 atom stereocenters. The van der Waals surface area contributed by atoms with Gasteiger partial charge in [0.05, 0.1) is 6.61 Å². The Morgan fingerprint density at radius 3 is 2.67 bits per heavy atom. The summed E-state index contributed by atoms with van der Waals surface area (Å²) in [5.74, 6) is -1.41. The van der Waals surface area contributed by atoms with Gasteiger partial charge in [0.25, 0.3) is 0 Å². The minimum atomic E-state index is -1.41. The van der Waals surface area contributed by atoms with Gasteiger partial charge in [-0.05, 0) is 20.8 Å². The van der Waals surface area contributed by atoms with Gasteiger partial charge in [-0.1, -0.05) is 0 Å². The average molecular weight is 175 g/mol. The third-order valence-electron chi connectivity index (χ3n) is 2.36. The molecule has 0 bridgehead atoms. The highest BCUT2D eigenvalue weighted by Crippen LogP contribution is 2.21. The molecule has 0 aromatic carbocycles. The van der Waals surface area contributed by atoms with Gasteiger partial charge in [-0.25, -0.2) is 4.39 Å². The van der Waals surface area contributed by atoms with E-state index in [-0.39, 0.29) is 0 Å². The van der Waals surface area contributed by atoms with Crippen LogP contribution in [0, 0.1) is 0 Å². The summed E-state index contributed by atoms with van der Waals surface area (Å²) >= 11 is 0. The molecule has 1 fully saturated rings. The molecule has 1 heterocycles. The molecule has 1 aliphatic heterocycles. The van der Waals surface area contributed by atoms with Crippen LogP contribution in [0.1, 0.15) is 27.2 Å². The van der Waals surface area contributed by atoms with E-state index in [2.05, 4.69) is 18.7 Å². The molecule has 0 aromatic heterocycles. The molecule has 0 radical (unpaired) electrons. The zero-order chi connectivity index (χ0) is 9.19. The summed E-state index contributed by atoms with van der Waals surface area (Å²) in [5, 5.41) is 0. The number of alkyl halides is 1. The molecule has 1 unspecified atom stereocenters. The summed E-state index contributed by atoms with van der Waals surface area (Å²) in [6, 6.07) is 0.488. The highest BCUT2D eigenvalue weighted by atomic mass is 19.2. The van der Waals surface area contributed by atoms with E-state index in [4.69, 9.17) is 4.74 Å². The largest absolute Gasteiger partial charge is 0.345 e. The van der Waals surface area contributed by atoms with Gasteiger partial charge in [-0.3, -0.25) is 4.90 Å². The van der Waals surface area contributed by atoms with Gasteiger partial charge in [0.2, 0.25) is 5.85 Å². The standard InChI is InChI=1S/C9H18FNO/c1-8(2)11-5-4-9(3,10)12-7-6-11/h8H,4-7H2,1-3H3. The molecule has 1 rings (SSSR count). The normalized spacial score (nSPS) is 33.8. The van der Waals surface area contributed by atoms with Gasteiger partial charge >= 0.3 is 0 Å². The summed E-state index contributed by atoms with van der Waals surface area (Å²) in [5.41, 5.74) is 0. The maximum absolute atomic E-state index is 13.3. The van der Waals surface area contributed by atoms with Crippen molar-refractivity contribution < 1.29 is 9.13 Å². The van der Waals surface area contributed by atoms with E-state index in [0.29, 0.717) is 19.1 Å². The smallest absolute Gasteiger partial charge is 0.207 e. The van der Waals surface area contributed by atoms with E-state index in [1.165, 1.54) is 6.92 Å². The molecular weight excluding hydrogens is 157 g/mol. The first-order chi connectivity index (χ1) is 5.51. The lowest BCUT2D eigenvalue weighted by atomic mass is 10.2. The fraction of sp³-hybridized carbons (Fsp3) is 1.00. The Kier molecular flexibility index (Phi) is 3.07. The molecule has 0 aliphatic carbocycles. The Labute approximate surface area is 73.7 Å². The number of hydrogen-bond acceptors (Lipinski definition) is 2. The van der Waals surface area contributed by atoms with Crippen LogP contribution in [0.25, 0.3) is 0 Å². The van der Waals surface area contributed by atoms with Gasteiger partial charge in [0.1, 0.15) is 0 Å². The van der Waals surface area contributed by atoms with Crippen molar-refractivity contribution in [2.75, 3.05) is 19.7 Å². The molecule has 12 heavy (non-hydrogen) atoms. The Morgan fingerprint density at radius 2 is 2.08 bits per heavy atom. The molecule has 0 spiro atoms. The number of halogens is 1. The van der Waals surface area contributed by atoms with Gasteiger partial charge in [-0.2, -0.15) is 0 Å². The van der Waals surface area contributed by atoms with E-state index in [0.717, 1.165) is 13.1 Å². The van der Waals surface area contributed by atoms with E-state index in [9.17, 15) is 4.39 Å². The van der Waals surface area contributed by atoms with E-state index in [1.807, 2.05) is 0 Å². The van der Waals surface area contributed by atoms with Crippen molar-refractivity contribution in [1.82, 2.24) is 4.90 Å². The summed E-state index contributed by atoms with van der Waals surface area (Å²) < 4.78 is 18.4. The van der Waals surface area contributed by atoms with Crippen LogP contribution in [0.5, 0.6) is 0 Å². The van der Waals surface area contributed by atoms with Gasteiger partial charge < -0.3 is 4.74 Å². The van der Waals surface area contributed by atoms with Gasteiger partial charge in [-0.15, -0.1) is 0 Å². The maximum atomic E-state index is 13.3. The fourth-order valence-electron chi connectivity index (χ4n) is 1.42. The molecule has 72 valence electrons. The molecule has 0 aromatic rings. The molecule has 0 saturated carbocycles. The topological polar surface area (TPSA) is 12.5 Å². The molecule has 0 amide bonds. The van der Waals surface area contributed by atoms with Crippen molar-refractivity contribution in [3.05, 3.63) is 0 Å². The van der Waals surface area contributed by atoms with Crippen molar-refractivity contribution >= 4 is 0 Å². The summed E-state index contributed by atoms with van der Waals surface area (Å²) in [6.45, 7) is 7.91. The second kappa shape index (κ2) is 3.71. The third kappa shape index (κ3) is 2.72. The first-order valence-electron chi connectivity index (χ1n) is 4.58. The Morgan fingerprint density at radius 1 is 1.42 bits per heavy atom. The Balaban J connectivity index is 2.45.